The van der Waals surface area contributed by atoms with Crippen LogP contribution in [-0.4, -0.2) is 35.6 Å². The number of hydrogen-bond donors (Lipinski definition) is 2. The van der Waals surface area contributed by atoms with E-state index in [-0.39, 0.29) is 5.84 Å². The summed E-state index contributed by atoms with van der Waals surface area (Å²) in [5.74, 6) is 9.28. The first-order valence-corrected chi connectivity index (χ1v) is 8.20. The van der Waals surface area contributed by atoms with E-state index in [4.69, 9.17) is 15.7 Å². The number of hydrogen-bond acceptors (Lipinski definition) is 3. The van der Waals surface area contributed by atoms with Crippen molar-refractivity contribution in [3.05, 3.63) is 40.3 Å². The van der Waals surface area contributed by atoms with E-state index >= 15 is 0 Å². The minimum absolute atomic E-state index is 0.0953. The lowest BCUT2D eigenvalue weighted by Crippen LogP contribution is -2.12. The molecule has 0 bridgehead atoms. The van der Waals surface area contributed by atoms with E-state index in [1.807, 2.05) is 12.1 Å². The summed E-state index contributed by atoms with van der Waals surface area (Å²) in [5, 5.41) is 11.6. The molecule has 1 heterocycles. The number of rotatable bonds is 3. The van der Waals surface area contributed by atoms with E-state index in [0.717, 1.165) is 17.7 Å². The van der Waals surface area contributed by atoms with Gasteiger partial charge in [0.15, 0.2) is 5.84 Å². The third-order valence-electron chi connectivity index (χ3n) is 2.97. The molecule has 4 nitrogen and oxygen atoms in total. The van der Waals surface area contributed by atoms with Crippen LogP contribution in [0.25, 0.3) is 5.76 Å². The summed E-state index contributed by atoms with van der Waals surface area (Å²) in [7, 11) is -1.26. The molecule has 0 saturated heterocycles. The molecule has 0 radical (unpaired) electrons. The molecule has 0 spiro atoms. The van der Waals surface area contributed by atoms with Crippen molar-refractivity contribution in [2.45, 2.75) is 6.42 Å². The molecule has 1 aromatic carbocycles. The quantitative estimate of drug-likeness (QED) is 0.293. The van der Waals surface area contributed by atoms with Crippen LogP contribution >= 0.6 is 9.21 Å². The van der Waals surface area contributed by atoms with Gasteiger partial charge in [-0.25, -0.2) is 0 Å². The Bertz CT molecular complexity index is 641. The molecule has 0 unspecified atom stereocenters. The van der Waals surface area contributed by atoms with Gasteiger partial charge in [0.1, 0.15) is 5.76 Å². The first-order chi connectivity index (χ1) is 8.93. The van der Waals surface area contributed by atoms with Crippen molar-refractivity contribution in [1.29, 1.82) is 0 Å². The van der Waals surface area contributed by atoms with E-state index in [2.05, 4.69) is 23.2 Å². The predicted molar refractivity (Wildman–Crippen MR) is 84.2 cm³/mol. The van der Waals surface area contributed by atoms with Gasteiger partial charge < -0.3 is 15.7 Å². The molecular weight excluding hydrogens is 260 g/mol. The molecule has 0 aromatic heterocycles. The highest BCUT2D eigenvalue weighted by molar-refractivity contribution is 8.30. The normalized spacial score (nSPS) is 16.6. The number of benzene rings is 1. The zero-order chi connectivity index (χ0) is 14.0. The highest BCUT2D eigenvalue weighted by Gasteiger charge is 2.19. The summed E-state index contributed by atoms with van der Waals surface area (Å²) in [4.78, 5) is 1.20. The number of nitrogens with two attached hydrogens (primary N) is 1. The second-order valence-corrected chi connectivity index (χ2v) is 7.73. The van der Waals surface area contributed by atoms with Crippen LogP contribution in [0.15, 0.2) is 34.3 Å². The Morgan fingerprint density at radius 1 is 1.37 bits per heavy atom. The highest BCUT2D eigenvalue weighted by atomic mass is 32.2. The maximum atomic E-state index is 8.63. The second-order valence-electron chi connectivity index (χ2n) is 4.69. The lowest BCUT2D eigenvalue weighted by Gasteiger charge is -2.11. The fraction of sp³-hybridized carbons (Fsp3) is 0.214. The maximum Gasteiger partial charge on any atom is 0.170 e. The van der Waals surface area contributed by atoms with Crippen molar-refractivity contribution >= 4 is 32.5 Å². The molecule has 0 amide bonds. The van der Waals surface area contributed by atoms with Crippen LogP contribution in [0.1, 0.15) is 17.5 Å². The van der Waals surface area contributed by atoms with Crippen LogP contribution in [0.2, 0.25) is 0 Å². The van der Waals surface area contributed by atoms with E-state index in [0.29, 0.717) is 12.2 Å². The first-order valence-electron chi connectivity index (χ1n) is 5.82. The fourth-order valence-corrected chi connectivity index (χ4v) is 3.20. The zero-order valence-electron chi connectivity index (χ0n) is 10.9. The molecule has 1 aromatic rings. The smallest absolute Gasteiger partial charge is 0.170 e. The molecule has 1 aliphatic heterocycles. The van der Waals surface area contributed by atoms with Crippen LogP contribution in [-0.2, 0) is 4.74 Å². The molecule has 0 atom stereocenters. The summed E-state index contributed by atoms with van der Waals surface area (Å²) in [6, 6.07) is 7.41. The third-order valence-corrected chi connectivity index (χ3v) is 4.55. The Hall–Kier alpha value is -1.88. The average Bonchev–Trinajstić information content (AvgIpc) is 2.87. The minimum atomic E-state index is -1.26. The molecular formula is C14H18N2O2S. The molecule has 0 fully saturated rings. The summed E-state index contributed by atoms with van der Waals surface area (Å²) in [6.45, 7) is 0.681. The van der Waals surface area contributed by atoms with Gasteiger partial charge in [-0.3, -0.25) is 0 Å². The van der Waals surface area contributed by atoms with Gasteiger partial charge in [0, 0.05) is 22.5 Å². The number of nitrogens with zero attached hydrogens (tertiary/aromatic N) is 1. The molecule has 0 aliphatic carbocycles. The summed E-state index contributed by atoms with van der Waals surface area (Å²) >= 11 is 0. The topological polar surface area (TPSA) is 67.8 Å². The predicted octanol–water partition coefficient (Wildman–Crippen LogP) is 2.17. The highest BCUT2D eigenvalue weighted by Crippen LogP contribution is 2.40. The Morgan fingerprint density at radius 2 is 2.00 bits per heavy atom. The van der Waals surface area contributed by atoms with Crippen molar-refractivity contribution in [3.63, 3.8) is 0 Å². The average molecular weight is 278 g/mol. The van der Waals surface area contributed by atoms with Crippen LogP contribution in [0.4, 0.5) is 0 Å². The number of oxime groups is 1. The van der Waals surface area contributed by atoms with Crippen molar-refractivity contribution in [3.8, 4) is 0 Å². The van der Waals surface area contributed by atoms with Gasteiger partial charge in [-0.15, -0.1) is 0 Å². The van der Waals surface area contributed by atoms with Crippen LogP contribution < -0.4 is 5.73 Å². The molecule has 2 rings (SSSR count). The maximum absolute atomic E-state index is 8.63. The zero-order valence-corrected chi connectivity index (χ0v) is 11.7. The van der Waals surface area contributed by atoms with Gasteiger partial charge in [-0.2, -0.15) is 9.21 Å². The van der Waals surface area contributed by atoms with Gasteiger partial charge in [0.05, 0.1) is 6.61 Å². The standard InChI is InChI=1S/C14H18N2O2S/c1-19(2,3)12-8-9-18-13(12)10-4-6-11(7-5-10)14(15)16-17/h4-7,17H,1-2,8-9H2,3H3,(H2,15,16). The second kappa shape index (κ2) is 5.01. The summed E-state index contributed by atoms with van der Waals surface area (Å²) < 4.78 is 5.71. The Balaban J connectivity index is 2.43. The first kappa shape index (κ1) is 13.5. The Labute approximate surface area is 113 Å². The number of ether oxygens (including phenoxy) is 1. The van der Waals surface area contributed by atoms with Crippen molar-refractivity contribution in [2.75, 3.05) is 12.9 Å². The van der Waals surface area contributed by atoms with Gasteiger partial charge in [0.25, 0.3) is 0 Å². The largest absolute Gasteiger partial charge is 0.492 e. The molecule has 0 saturated carbocycles. The molecule has 3 N–H and O–H groups in total. The summed E-state index contributed by atoms with van der Waals surface area (Å²) in [5.41, 5.74) is 7.19. The molecule has 102 valence electrons. The van der Waals surface area contributed by atoms with Gasteiger partial charge in [-0.05, 0) is 6.26 Å². The van der Waals surface area contributed by atoms with Crippen LogP contribution in [0, 0.1) is 0 Å². The van der Waals surface area contributed by atoms with Gasteiger partial charge in [-0.1, -0.05) is 41.2 Å². The van der Waals surface area contributed by atoms with Crippen molar-refractivity contribution < 1.29 is 9.94 Å². The van der Waals surface area contributed by atoms with Crippen LogP contribution in [0.3, 0.4) is 0 Å². The monoisotopic (exact) mass is 278 g/mol. The third kappa shape index (κ3) is 2.76. The lowest BCUT2D eigenvalue weighted by atomic mass is 10.1. The molecule has 19 heavy (non-hydrogen) atoms. The fourth-order valence-electron chi connectivity index (χ4n) is 2.00. The van der Waals surface area contributed by atoms with Gasteiger partial charge in [0.2, 0.25) is 0 Å². The lowest BCUT2D eigenvalue weighted by molar-refractivity contribution is 0.307. The van der Waals surface area contributed by atoms with E-state index in [9.17, 15) is 0 Å². The Morgan fingerprint density at radius 3 is 2.53 bits per heavy atom. The van der Waals surface area contributed by atoms with Crippen molar-refractivity contribution in [2.24, 2.45) is 10.9 Å². The summed E-state index contributed by atoms with van der Waals surface area (Å²) in [6.07, 6.45) is 2.94. The van der Waals surface area contributed by atoms with E-state index in [1.54, 1.807) is 12.1 Å². The minimum Gasteiger partial charge on any atom is -0.492 e. The van der Waals surface area contributed by atoms with Crippen LogP contribution in [0.5, 0.6) is 0 Å². The Kier molecular flexibility index (Phi) is 3.57. The SMILES string of the molecule is C=S(=C)(C)C1=C(c2ccc(/C(N)=N/O)cc2)OCC1. The van der Waals surface area contributed by atoms with Gasteiger partial charge >= 0.3 is 0 Å². The number of amidine groups is 1. The molecule has 5 heteroatoms. The molecule has 1 aliphatic rings. The van der Waals surface area contributed by atoms with Crippen molar-refractivity contribution in [1.82, 2.24) is 0 Å². The van der Waals surface area contributed by atoms with E-state index < -0.39 is 9.21 Å². The van der Waals surface area contributed by atoms with E-state index in [1.165, 1.54) is 4.91 Å².